The number of rotatable bonds is 23. The molecule has 0 spiro atoms. The zero-order chi connectivity index (χ0) is 51.5. The molecule has 4 N–H and O–H groups in total. The van der Waals surface area contributed by atoms with Crippen LogP contribution in [0.4, 0.5) is 5.13 Å². The second-order valence-electron chi connectivity index (χ2n) is 16.8. The van der Waals surface area contributed by atoms with E-state index in [0.29, 0.717) is 40.9 Å². The Hall–Kier alpha value is -7.89. The van der Waals surface area contributed by atoms with Crippen molar-refractivity contribution in [1.82, 2.24) is 29.8 Å². The first-order valence-corrected chi connectivity index (χ1v) is 25.6. The number of anilines is 1. The zero-order valence-corrected chi connectivity index (χ0v) is 40.9. The molecule has 0 radical (unpaired) electrons. The summed E-state index contributed by atoms with van der Waals surface area (Å²) >= 11 is 1.21. The minimum Gasteiger partial charge on any atom is -0.491 e. The number of benzene rings is 4. The first-order valence-electron chi connectivity index (χ1n) is 22.9. The number of carbonyl (C=O) groups excluding carboxylic acids is 7. The van der Waals surface area contributed by atoms with Crippen LogP contribution in [0.3, 0.4) is 0 Å². The van der Waals surface area contributed by atoms with Crippen LogP contribution in [0, 0.1) is 0 Å². The molecule has 4 heterocycles. The van der Waals surface area contributed by atoms with E-state index in [0.717, 1.165) is 38.0 Å². The number of aromatic nitrogens is 2. The van der Waals surface area contributed by atoms with E-state index in [1.807, 2.05) is 54.6 Å². The quantitative estimate of drug-likeness (QED) is 0.0515. The van der Waals surface area contributed by atoms with Gasteiger partial charge >= 0.3 is 0 Å². The van der Waals surface area contributed by atoms with Crippen LogP contribution in [0.5, 0.6) is 5.75 Å². The van der Waals surface area contributed by atoms with Crippen LogP contribution in [0.1, 0.15) is 71.0 Å². The third-order valence-corrected chi connectivity index (χ3v) is 13.2. The number of ether oxygens (including phenoxy) is 4. The summed E-state index contributed by atoms with van der Waals surface area (Å²) in [5.41, 5.74) is 4.75. The molecule has 1 fully saturated rings. The molecule has 2 aliphatic rings. The highest BCUT2D eigenvalue weighted by Crippen LogP contribution is 2.30. The summed E-state index contributed by atoms with van der Waals surface area (Å²) < 4.78 is 48.1. The number of piperidine rings is 1. The summed E-state index contributed by atoms with van der Waals surface area (Å²) in [6.45, 7) is 1.28. The van der Waals surface area contributed by atoms with E-state index in [9.17, 15) is 42.0 Å². The van der Waals surface area contributed by atoms with Gasteiger partial charge < -0.3 is 34.9 Å². The molecule has 7 amide bonds. The van der Waals surface area contributed by atoms with Crippen LogP contribution in [0.25, 0.3) is 11.3 Å². The van der Waals surface area contributed by atoms with E-state index in [2.05, 4.69) is 26.3 Å². The number of hydrogen-bond acceptors (Lipinski definition) is 15. The van der Waals surface area contributed by atoms with Gasteiger partial charge in [0.05, 0.1) is 68.3 Å². The molecule has 1 unspecified atom stereocenters. The van der Waals surface area contributed by atoms with Crippen molar-refractivity contribution in [3.8, 4) is 17.0 Å². The van der Waals surface area contributed by atoms with Crippen molar-refractivity contribution in [2.45, 2.75) is 44.7 Å². The SMILES string of the molecule is CS(=O)(=O)n1ccc(C(=O)N[C@@H](COCc2ccc(C(=O)NCCOCc3cccc(COCCOc4ccc5c(c4)C(=O)N(C4CCC(=O)NC4=O)C5=O)c3)cc2)C(=O)Nc2nc(-c3ccccc3)cs2)c1. The molecule has 378 valence electrons. The van der Waals surface area contributed by atoms with Crippen molar-refractivity contribution in [3.63, 3.8) is 0 Å². The van der Waals surface area contributed by atoms with Gasteiger partial charge in [-0.25, -0.2) is 13.4 Å². The van der Waals surface area contributed by atoms with Crippen LogP contribution in [0.15, 0.2) is 121 Å². The predicted octanol–water partition coefficient (Wildman–Crippen LogP) is 4.32. The molecular formula is C51H49N7O13S2. The van der Waals surface area contributed by atoms with Crippen molar-refractivity contribution >= 4 is 67.8 Å². The third-order valence-electron chi connectivity index (χ3n) is 11.5. The molecule has 0 bridgehead atoms. The highest BCUT2D eigenvalue weighted by molar-refractivity contribution is 7.89. The van der Waals surface area contributed by atoms with E-state index in [1.165, 1.54) is 35.7 Å². The van der Waals surface area contributed by atoms with Gasteiger partial charge in [-0.2, -0.15) is 0 Å². The molecule has 22 heteroatoms. The maximum Gasteiger partial charge on any atom is 0.262 e. The molecular weight excluding hydrogens is 983 g/mol. The number of imide groups is 2. The van der Waals surface area contributed by atoms with Crippen LogP contribution < -0.4 is 26.0 Å². The predicted molar refractivity (Wildman–Crippen MR) is 265 cm³/mol. The summed E-state index contributed by atoms with van der Waals surface area (Å²) in [6, 6.07) is 27.4. The minimum atomic E-state index is -3.64. The molecule has 20 nitrogen and oxygen atoms in total. The molecule has 0 saturated carbocycles. The third kappa shape index (κ3) is 13.3. The first kappa shape index (κ1) is 51.5. The van der Waals surface area contributed by atoms with Crippen LogP contribution in [-0.4, -0.2) is 115 Å². The maximum atomic E-state index is 13.5. The number of thiazole rings is 1. The summed E-state index contributed by atoms with van der Waals surface area (Å²) in [4.78, 5) is 94.9. The van der Waals surface area contributed by atoms with Gasteiger partial charge in [-0.05, 0) is 59.5 Å². The standard InChI is InChI=1S/C51H49N7O13S2/c1-73(66,67)57-20-18-37(26-57)46(61)53-41(47(62)56-51-54-42(31-72-51)35-8-3-2-4-9-35)30-70-27-32-10-12-36(13-11-32)45(60)52-19-21-68-28-33-6-5-7-34(24-33)29-69-22-23-71-38-14-15-39-40(25-38)50(65)58(49(39)64)43-16-17-44(59)55-48(43)63/h2-15,18,20,24-26,31,41,43H,16-17,19,21-23,27-30H2,1H3,(H,52,60)(H,53,61)(H,54,56,62)(H,55,59,63)/t41-,43?/m0/s1. The molecule has 2 atom stereocenters. The lowest BCUT2D eigenvalue weighted by Gasteiger charge is -2.27. The van der Waals surface area contributed by atoms with Crippen LogP contribution >= 0.6 is 11.3 Å². The molecule has 0 aliphatic carbocycles. The molecule has 2 aromatic heterocycles. The van der Waals surface area contributed by atoms with Gasteiger partial charge in [0.15, 0.2) is 5.13 Å². The minimum absolute atomic E-state index is 0.0285. The Morgan fingerprint density at radius 2 is 1.51 bits per heavy atom. The van der Waals surface area contributed by atoms with Gasteiger partial charge in [0.2, 0.25) is 21.8 Å². The topological polar surface area (TPSA) is 260 Å². The van der Waals surface area contributed by atoms with Crippen molar-refractivity contribution < 1.29 is 60.9 Å². The molecule has 6 aromatic rings. The van der Waals surface area contributed by atoms with E-state index in [4.69, 9.17) is 18.9 Å². The first-order chi connectivity index (χ1) is 35.2. The van der Waals surface area contributed by atoms with Crippen molar-refractivity contribution in [1.29, 1.82) is 0 Å². The lowest BCUT2D eigenvalue weighted by molar-refractivity contribution is -0.136. The Morgan fingerprint density at radius 3 is 2.23 bits per heavy atom. The number of nitrogens with zero attached hydrogens (tertiary/aromatic N) is 3. The number of carbonyl (C=O) groups is 7. The highest BCUT2D eigenvalue weighted by atomic mass is 32.2. The number of fused-ring (bicyclic) bond motifs is 1. The lowest BCUT2D eigenvalue weighted by Crippen LogP contribution is -2.54. The van der Waals surface area contributed by atoms with Gasteiger partial charge in [-0.1, -0.05) is 66.7 Å². The Morgan fingerprint density at radius 1 is 0.781 bits per heavy atom. The molecule has 8 rings (SSSR count). The fourth-order valence-electron chi connectivity index (χ4n) is 7.74. The second kappa shape index (κ2) is 23.6. The fourth-order valence-corrected chi connectivity index (χ4v) is 9.05. The number of hydrogen-bond donors (Lipinski definition) is 4. The largest absolute Gasteiger partial charge is 0.491 e. The maximum absolute atomic E-state index is 13.5. The van der Waals surface area contributed by atoms with Crippen LogP contribution in [0.2, 0.25) is 0 Å². The van der Waals surface area contributed by atoms with Crippen LogP contribution in [-0.2, 0) is 58.4 Å². The summed E-state index contributed by atoms with van der Waals surface area (Å²) in [5, 5.41) is 12.5. The van der Waals surface area contributed by atoms with Gasteiger partial charge in [0.25, 0.3) is 29.5 Å². The fraction of sp³-hybridized carbons (Fsp3) is 0.255. The van der Waals surface area contributed by atoms with Gasteiger partial charge in [-0.15, -0.1) is 11.3 Å². The molecule has 4 aromatic carbocycles. The summed E-state index contributed by atoms with van der Waals surface area (Å²) in [6.07, 6.45) is 3.49. The normalized spacial score (nSPS) is 14.9. The second-order valence-corrected chi connectivity index (χ2v) is 19.6. The zero-order valence-electron chi connectivity index (χ0n) is 39.2. The summed E-state index contributed by atoms with van der Waals surface area (Å²) in [7, 11) is -3.64. The number of nitrogens with one attached hydrogen (secondary N) is 4. The van der Waals surface area contributed by atoms with Gasteiger partial charge in [0, 0.05) is 41.9 Å². The Kier molecular flexibility index (Phi) is 16.6. The highest BCUT2D eigenvalue weighted by Gasteiger charge is 2.44. The van der Waals surface area contributed by atoms with E-state index in [-0.39, 0.29) is 75.0 Å². The monoisotopic (exact) mass is 1030 g/mol. The molecule has 2 aliphatic heterocycles. The Bertz CT molecular complexity index is 3140. The average Bonchev–Trinajstić information content (AvgIpc) is 4.13. The van der Waals surface area contributed by atoms with E-state index >= 15 is 0 Å². The van der Waals surface area contributed by atoms with E-state index in [1.54, 1.807) is 35.7 Å². The molecule has 1 saturated heterocycles. The average molecular weight is 1030 g/mol. The Labute approximate surface area is 423 Å². The molecule has 73 heavy (non-hydrogen) atoms. The number of amides is 7. The Balaban J connectivity index is 0.735. The summed E-state index contributed by atoms with van der Waals surface area (Å²) in [5.74, 6) is -3.56. The van der Waals surface area contributed by atoms with Crippen molar-refractivity contribution in [2.75, 3.05) is 44.5 Å². The van der Waals surface area contributed by atoms with Crippen molar-refractivity contribution in [3.05, 3.63) is 160 Å². The smallest absolute Gasteiger partial charge is 0.262 e. The van der Waals surface area contributed by atoms with Crippen molar-refractivity contribution in [2.24, 2.45) is 0 Å². The van der Waals surface area contributed by atoms with E-state index < -0.39 is 57.6 Å². The van der Waals surface area contributed by atoms with Gasteiger partial charge in [0.1, 0.15) is 24.4 Å². The lowest BCUT2D eigenvalue weighted by atomic mass is 10.0. The van der Waals surface area contributed by atoms with Gasteiger partial charge in [-0.3, -0.25) is 47.8 Å².